The van der Waals surface area contributed by atoms with Crippen molar-refractivity contribution in [3.8, 4) is 6.07 Å². The Morgan fingerprint density at radius 3 is 1.95 bits per heavy atom. The van der Waals surface area contributed by atoms with E-state index < -0.39 is 4.92 Å². The zero-order valence-electron chi connectivity index (χ0n) is 10.7. The SMILES string of the molecule is N#Cc1ccc(COCc2ccc([N+](=O)[O-])cc2)cc1. The molecule has 0 unspecified atom stereocenters. The molecule has 0 saturated carbocycles. The Hall–Kier alpha value is -2.71. The molecule has 100 valence electrons. The van der Waals surface area contributed by atoms with E-state index in [-0.39, 0.29) is 5.69 Å². The van der Waals surface area contributed by atoms with Crippen LogP contribution in [0.15, 0.2) is 48.5 Å². The fraction of sp³-hybridized carbons (Fsp3) is 0.133. The molecular formula is C15H12N2O3. The lowest BCUT2D eigenvalue weighted by atomic mass is 10.1. The number of rotatable bonds is 5. The van der Waals surface area contributed by atoms with Crippen molar-refractivity contribution < 1.29 is 9.66 Å². The summed E-state index contributed by atoms with van der Waals surface area (Å²) < 4.78 is 5.53. The molecule has 0 atom stereocenters. The standard InChI is InChI=1S/C15H12N2O3/c16-9-12-1-3-13(4-2-12)10-20-11-14-5-7-15(8-6-14)17(18)19/h1-8H,10-11H2. The van der Waals surface area contributed by atoms with Gasteiger partial charge in [-0.2, -0.15) is 5.26 Å². The van der Waals surface area contributed by atoms with Crippen LogP contribution in [0.25, 0.3) is 0 Å². The van der Waals surface area contributed by atoms with Crippen LogP contribution >= 0.6 is 0 Å². The van der Waals surface area contributed by atoms with Gasteiger partial charge >= 0.3 is 0 Å². The molecule has 5 nitrogen and oxygen atoms in total. The summed E-state index contributed by atoms with van der Waals surface area (Å²) in [6.45, 7) is 0.820. The van der Waals surface area contributed by atoms with Gasteiger partial charge in [-0.3, -0.25) is 10.1 Å². The van der Waals surface area contributed by atoms with Crippen molar-refractivity contribution in [3.63, 3.8) is 0 Å². The van der Waals surface area contributed by atoms with Gasteiger partial charge in [-0.15, -0.1) is 0 Å². The van der Waals surface area contributed by atoms with E-state index in [0.717, 1.165) is 11.1 Å². The molecule has 20 heavy (non-hydrogen) atoms. The van der Waals surface area contributed by atoms with Gasteiger partial charge in [-0.1, -0.05) is 12.1 Å². The quantitative estimate of drug-likeness (QED) is 0.616. The van der Waals surface area contributed by atoms with E-state index in [4.69, 9.17) is 10.00 Å². The third-order valence-corrected chi connectivity index (χ3v) is 2.77. The highest BCUT2D eigenvalue weighted by Gasteiger charge is 2.03. The summed E-state index contributed by atoms with van der Waals surface area (Å²) in [5.41, 5.74) is 2.54. The average Bonchev–Trinajstić information content (AvgIpc) is 2.48. The topological polar surface area (TPSA) is 76.2 Å². The van der Waals surface area contributed by atoms with Crippen LogP contribution in [-0.4, -0.2) is 4.92 Å². The number of benzene rings is 2. The fourth-order valence-electron chi connectivity index (χ4n) is 1.68. The monoisotopic (exact) mass is 268 g/mol. The van der Waals surface area contributed by atoms with Crippen molar-refractivity contribution in [2.45, 2.75) is 13.2 Å². The number of non-ortho nitro benzene ring substituents is 1. The Morgan fingerprint density at radius 2 is 1.50 bits per heavy atom. The molecule has 0 aliphatic rings. The molecule has 0 spiro atoms. The summed E-state index contributed by atoms with van der Waals surface area (Å²) in [7, 11) is 0. The smallest absolute Gasteiger partial charge is 0.269 e. The van der Waals surface area contributed by atoms with Gasteiger partial charge in [0.15, 0.2) is 0 Å². The maximum Gasteiger partial charge on any atom is 0.269 e. The lowest BCUT2D eigenvalue weighted by Crippen LogP contribution is -1.95. The molecule has 2 aromatic carbocycles. The first-order valence-corrected chi connectivity index (χ1v) is 5.99. The van der Waals surface area contributed by atoms with Gasteiger partial charge in [-0.05, 0) is 35.4 Å². The number of nitro groups is 1. The second-order valence-corrected chi connectivity index (χ2v) is 4.23. The average molecular weight is 268 g/mol. The minimum atomic E-state index is -0.429. The van der Waals surface area contributed by atoms with E-state index in [1.54, 1.807) is 24.3 Å². The lowest BCUT2D eigenvalue weighted by Gasteiger charge is -2.04. The highest BCUT2D eigenvalue weighted by molar-refractivity contribution is 5.33. The minimum Gasteiger partial charge on any atom is -0.372 e. The Kier molecular flexibility index (Phi) is 4.43. The maximum absolute atomic E-state index is 10.5. The lowest BCUT2D eigenvalue weighted by molar-refractivity contribution is -0.384. The van der Waals surface area contributed by atoms with Crippen molar-refractivity contribution in [2.75, 3.05) is 0 Å². The van der Waals surface area contributed by atoms with Crippen LogP contribution in [-0.2, 0) is 18.0 Å². The van der Waals surface area contributed by atoms with Gasteiger partial charge in [0, 0.05) is 12.1 Å². The number of hydrogen-bond acceptors (Lipinski definition) is 4. The van der Waals surface area contributed by atoms with E-state index in [1.165, 1.54) is 12.1 Å². The third kappa shape index (κ3) is 3.64. The highest BCUT2D eigenvalue weighted by atomic mass is 16.6. The Labute approximate surface area is 116 Å². The molecule has 0 fully saturated rings. The molecule has 0 aliphatic heterocycles. The molecule has 0 aromatic heterocycles. The first-order chi connectivity index (χ1) is 9.69. The predicted molar refractivity (Wildman–Crippen MR) is 72.7 cm³/mol. The first kappa shape index (κ1) is 13.7. The molecule has 0 N–H and O–H groups in total. The fourth-order valence-corrected chi connectivity index (χ4v) is 1.68. The van der Waals surface area contributed by atoms with Crippen LogP contribution in [0.3, 0.4) is 0 Å². The number of ether oxygens (including phenoxy) is 1. The molecular weight excluding hydrogens is 256 g/mol. The predicted octanol–water partition coefficient (Wildman–Crippen LogP) is 3.18. The van der Waals surface area contributed by atoms with Crippen LogP contribution in [0.5, 0.6) is 0 Å². The second-order valence-electron chi connectivity index (χ2n) is 4.23. The van der Waals surface area contributed by atoms with Gasteiger partial charge in [0.05, 0.1) is 29.8 Å². The van der Waals surface area contributed by atoms with Crippen molar-refractivity contribution in [2.24, 2.45) is 0 Å². The molecule has 0 heterocycles. The molecule has 0 saturated heterocycles. The van der Waals surface area contributed by atoms with Gasteiger partial charge in [0.1, 0.15) is 0 Å². The molecule has 0 aliphatic carbocycles. The summed E-state index contributed by atoms with van der Waals surface area (Å²) in [4.78, 5) is 10.1. The summed E-state index contributed by atoms with van der Waals surface area (Å²) in [6, 6.07) is 15.5. The van der Waals surface area contributed by atoms with E-state index in [1.807, 2.05) is 12.1 Å². The minimum absolute atomic E-state index is 0.0702. The highest BCUT2D eigenvalue weighted by Crippen LogP contribution is 2.13. The van der Waals surface area contributed by atoms with E-state index >= 15 is 0 Å². The van der Waals surface area contributed by atoms with Crippen LogP contribution in [0.2, 0.25) is 0 Å². The molecule has 2 aromatic rings. The van der Waals surface area contributed by atoms with E-state index in [9.17, 15) is 10.1 Å². The molecule has 5 heteroatoms. The van der Waals surface area contributed by atoms with Crippen molar-refractivity contribution >= 4 is 5.69 Å². The van der Waals surface area contributed by atoms with E-state index in [0.29, 0.717) is 18.8 Å². The number of nitriles is 1. The van der Waals surface area contributed by atoms with E-state index in [2.05, 4.69) is 6.07 Å². The number of hydrogen-bond donors (Lipinski definition) is 0. The number of nitro benzene ring substituents is 1. The van der Waals surface area contributed by atoms with Crippen LogP contribution < -0.4 is 0 Å². The Balaban J connectivity index is 1.86. The normalized spacial score (nSPS) is 9.95. The molecule has 2 rings (SSSR count). The summed E-state index contributed by atoms with van der Waals surface area (Å²) in [5.74, 6) is 0. The molecule has 0 bridgehead atoms. The third-order valence-electron chi connectivity index (χ3n) is 2.77. The Morgan fingerprint density at radius 1 is 1.00 bits per heavy atom. The first-order valence-electron chi connectivity index (χ1n) is 5.99. The number of nitrogens with zero attached hydrogens (tertiary/aromatic N) is 2. The zero-order valence-corrected chi connectivity index (χ0v) is 10.7. The van der Waals surface area contributed by atoms with Crippen LogP contribution in [0.1, 0.15) is 16.7 Å². The Bertz CT molecular complexity index is 628. The van der Waals surface area contributed by atoms with Gasteiger partial charge in [0.2, 0.25) is 0 Å². The van der Waals surface area contributed by atoms with Gasteiger partial charge in [-0.25, -0.2) is 0 Å². The van der Waals surface area contributed by atoms with Crippen molar-refractivity contribution in [1.82, 2.24) is 0 Å². The summed E-state index contributed by atoms with van der Waals surface area (Å²) >= 11 is 0. The second kappa shape index (κ2) is 6.45. The van der Waals surface area contributed by atoms with Crippen molar-refractivity contribution in [1.29, 1.82) is 5.26 Å². The largest absolute Gasteiger partial charge is 0.372 e. The zero-order chi connectivity index (χ0) is 14.4. The van der Waals surface area contributed by atoms with Gasteiger partial charge < -0.3 is 4.74 Å². The summed E-state index contributed by atoms with van der Waals surface area (Å²) in [6.07, 6.45) is 0. The summed E-state index contributed by atoms with van der Waals surface area (Å²) in [5, 5.41) is 19.2. The maximum atomic E-state index is 10.5. The van der Waals surface area contributed by atoms with Crippen LogP contribution in [0, 0.1) is 21.4 Å². The van der Waals surface area contributed by atoms with Gasteiger partial charge in [0.25, 0.3) is 5.69 Å². The van der Waals surface area contributed by atoms with Crippen LogP contribution in [0.4, 0.5) is 5.69 Å². The molecule has 0 amide bonds. The molecule has 0 radical (unpaired) electrons. The van der Waals surface area contributed by atoms with Crippen molar-refractivity contribution in [3.05, 3.63) is 75.3 Å².